The van der Waals surface area contributed by atoms with E-state index in [0.717, 1.165) is 15.6 Å². The summed E-state index contributed by atoms with van der Waals surface area (Å²) in [5.41, 5.74) is 1.79. The monoisotopic (exact) mass is 471 g/mol. The summed E-state index contributed by atoms with van der Waals surface area (Å²) >= 11 is 1.11. The van der Waals surface area contributed by atoms with E-state index in [1.54, 1.807) is 24.4 Å². The third-order valence-electron chi connectivity index (χ3n) is 4.51. The van der Waals surface area contributed by atoms with Crippen molar-refractivity contribution in [2.75, 3.05) is 18.9 Å². The first-order valence-corrected chi connectivity index (χ1v) is 11.4. The van der Waals surface area contributed by atoms with Crippen LogP contribution in [-0.2, 0) is 14.8 Å². The van der Waals surface area contributed by atoms with E-state index in [2.05, 4.69) is 10.3 Å². The molecular formula is C20H17N5O5S2. The van der Waals surface area contributed by atoms with E-state index in [1.165, 1.54) is 37.4 Å². The maximum Gasteiger partial charge on any atom is 0.272 e. The number of nitriles is 1. The number of sulfonamides is 1. The number of likely N-dealkylation sites (N-methyl/N-ethyl adjacent to an activating group) is 1. The van der Waals surface area contributed by atoms with E-state index in [-0.39, 0.29) is 15.7 Å². The molecule has 0 radical (unpaired) electrons. The van der Waals surface area contributed by atoms with Gasteiger partial charge in [0.1, 0.15) is 0 Å². The Labute approximate surface area is 188 Å². The number of aromatic nitrogens is 1. The topological polar surface area (TPSA) is 146 Å². The van der Waals surface area contributed by atoms with E-state index in [1.807, 2.05) is 6.07 Å². The smallest absolute Gasteiger partial charge is 0.272 e. The van der Waals surface area contributed by atoms with Crippen molar-refractivity contribution < 1.29 is 18.1 Å². The molecule has 0 aliphatic heterocycles. The second-order valence-electron chi connectivity index (χ2n) is 6.74. The lowest BCUT2D eigenvalue weighted by Gasteiger charge is -2.16. The Balaban J connectivity index is 1.69. The molecule has 1 N–H and O–H groups in total. The van der Waals surface area contributed by atoms with E-state index in [9.17, 15) is 23.3 Å². The lowest BCUT2D eigenvalue weighted by molar-refractivity contribution is -0.385. The fourth-order valence-corrected chi connectivity index (χ4v) is 4.62. The molecule has 3 rings (SSSR count). The molecule has 0 aliphatic rings. The van der Waals surface area contributed by atoms with Gasteiger partial charge >= 0.3 is 0 Å². The first-order valence-electron chi connectivity index (χ1n) is 9.09. The lowest BCUT2D eigenvalue weighted by Crippen LogP contribution is -2.34. The molecule has 0 bridgehead atoms. The molecule has 0 spiro atoms. The van der Waals surface area contributed by atoms with Crippen molar-refractivity contribution in [2.24, 2.45) is 0 Å². The first kappa shape index (κ1) is 23.0. The van der Waals surface area contributed by atoms with Crippen molar-refractivity contribution in [2.45, 2.75) is 11.8 Å². The summed E-state index contributed by atoms with van der Waals surface area (Å²) in [6.45, 7) is 1.18. The summed E-state index contributed by atoms with van der Waals surface area (Å²) in [5.74, 6) is -0.597. The van der Waals surface area contributed by atoms with Crippen molar-refractivity contribution in [1.29, 1.82) is 5.26 Å². The number of amides is 1. The number of thiazole rings is 1. The van der Waals surface area contributed by atoms with E-state index in [4.69, 9.17) is 5.26 Å². The minimum atomic E-state index is -3.92. The second kappa shape index (κ2) is 9.23. The minimum Gasteiger partial charge on any atom is -0.301 e. The van der Waals surface area contributed by atoms with Crippen LogP contribution in [0, 0.1) is 28.4 Å². The first-order chi connectivity index (χ1) is 15.1. The number of nitro groups is 1. The maximum atomic E-state index is 12.6. The molecule has 0 saturated heterocycles. The molecule has 3 aromatic rings. The molecule has 1 heterocycles. The van der Waals surface area contributed by atoms with Crippen LogP contribution in [0.25, 0.3) is 11.3 Å². The molecule has 0 unspecified atom stereocenters. The standard InChI is InChI=1S/C20H17N5O5S2/c1-13-3-6-15(9-18(13)25(27)28)17-12-31-20(22-17)23-19(26)11-24(2)32(29,30)16-7-4-14(10-21)5-8-16/h3-9,12H,11H2,1-2H3,(H,22,23,26). The molecule has 32 heavy (non-hydrogen) atoms. The number of nitro benzene ring substituents is 1. The van der Waals surface area contributed by atoms with Crippen LogP contribution >= 0.6 is 11.3 Å². The van der Waals surface area contributed by atoms with Crippen molar-refractivity contribution in [3.05, 3.63) is 69.1 Å². The summed E-state index contributed by atoms with van der Waals surface area (Å²) in [5, 5.41) is 24.4. The number of rotatable bonds is 7. The number of nitrogens with zero attached hydrogens (tertiary/aromatic N) is 4. The largest absolute Gasteiger partial charge is 0.301 e. The number of carbonyl (C=O) groups excluding carboxylic acids is 1. The number of hydrogen-bond acceptors (Lipinski definition) is 8. The summed E-state index contributed by atoms with van der Waals surface area (Å²) in [7, 11) is -2.65. The normalized spacial score (nSPS) is 11.2. The average molecular weight is 472 g/mol. The van der Waals surface area contributed by atoms with Gasteiger partial charge in [0.2, 0.25) is 15.9 Å². The predicted octanol–water partition coefficient (Wildman–Crippen LogP) is 3.16. The third kappa shape index (κ3) is 4.97. The zero-order valence-corrected chi connectivity index (χ0v) is 18.6. The van der Waals surface area contributed by atoms with Crippen LogP contribution in [-0.4, -0.2) is 42.1 Å². The highest BCUT2D eigenvalue weighted by molar-refractivity contribution is 7.89. The van der Waals surface area contributed by atoms with E-state index >= 15 is 0 Å². The Kier molecular flexibility index (Phi) is 6.64. The van der Waals surface area contributed by atoms with Crippen LogP contribution < -0.4 is 5.32 Å². The molecule has 1 amide bonds. The van der Waals surface area contributed by atoms with Crippen LogP contribution in [0.1, 0.15) is 11.1 Å². The lowest BCUT2D eigenvalue weighted by atomic mass is 10.1. The minimum absolute atomic E-state index is 0.0317. The van der Waals surface area contributed by atoms with Crippen LogP contribution in [0.5, 0.6) is 0 Å². The zero-order chi connectivity index (χ0) is 23.5. The molecule has 0 atom stereocenters. The number of benzene rings is 2. The second-order valence-corrected chi connectivity index (χ2v) is 9.64. The van der Waals surface area contributed by atoms with Crippen molar-refractivity contribution >= 4 is 38.1 Å². The van der Waals surface area contributed by atoms with Gasteiger partial charge in [-0.3, -0.25) is 14.9 Å². The van der Waals surface area contributed by atoms with Crippen LogP contribution in [0.15, 0.2) is 52.7 Å². The Bertz CT molecular complexity index is 1330. The number of aryl methyl sites for hydroxylation is 1. The van der Waals surface area contributed by atoms with Crippen LogP contribution in [0.4, 0.5) is 10.8 Å². The van der Waals surface area contributed by atoms with Crippen LogP contribution in [0.2, 0.25) is 0 Å². The van der Waals surface area contributed by atoms with Crippen molar-refractivity contribution in [1.82, 2.24) is 9.29 Å². The van der Waals surface area contributed by atoms with Crippen LogP contribution in [0.3, 0.4) is 0 Å². The summed E-state index contributed by atoms with van der Waals surface area (Å²) < 4.78 is 26.1. The van der Waals surface area contributed by atoms with Crippen molar-refractivity contribution in [3.63, 3.8) is 0 Å². The average Bonchev–Trinajstić information content (AvgIpc) is 3.22. The molecule has 12 heteroatoms. The summed E-state index contributed by atoms with van der Waals surface area (Å²) in [6, 6.07) is 12.0. The SMILES string of the molecule is Cc1ccc(-c2csc(NC(=O)CN(C)S(=O)(=O)c3ccc(C#N)cc3)n2)cc1[N+](=O)[O-]. The van der Waals surface area contributed by atoms with Gasteiger partial charge in [0.05, 0.1) is 33.7 Å². The van der Waals surface area contributed by atoms with Crippen molar-refractivity contribution in [3.8, 4) is 17.3 Å². The zero-order valence-electron chi connectivity index (χ0n) is 17.0. The van der Waals surface area contributed by atoms with Gasteiger partial charge in [-0.2, -0.15) is 9.57 Å². The predicted molar refractivity (Wildman–Crippen MR) is 119 cm³/mol. The Morgan fingerprint density at radius 3 is 2.59 bits per heavy atom. The molecule has 164 valence electrons. The van der Waals surface area contributed by atoms with E-state index < -0.39 is 27.4 Å². The number of hydrogen-bond donors (Lipinski definition) is 1. The highest BCUT2D eigenvalue weighted by Gasteiger charge is 2.23. The number of carbonyl (C=O) groups is 1. The number of nitrogens with one attached hydrogen (secondary N) is 1. The molecule has 0 fully saturated rings. The van der Waals surface area contributed by atoms with E-state index in [0.29, 0.717) is 22.4 Å². The van der Waals surface area contributed by atoms with Gasteiger partial charge in [-0.05, 0) is 31.2 Å². The molecule has 2 aromatic carbocycles. The summed E-state index contributed by atoms with van der Waals surface area (Å²) in [4.78, 5) is 27.2. The van der Waals surface area contributed by atoms with Gasteiger partial charge in [0.15, 0.2) is 5.13 Å². The third-order valence-corrected chi connectivity index (χ3v) is 7.09. The van der Waals surface area contributed by atoms with Gasteiger partial charge in [-0.15, -0.1) is 11.3 Å². The Morgan fingerprint density at radius 2 is 1.97 bits per heavy atom. The number of anilines is 1. The van der Waals surface area contributed by atoms with Gasteiger partial charge in [0, 0.05) is 29.6 Å². The van der Waals surface area contributed by atoms with Gasteiger partial charge in [0.25, 0.3) is 5.69 Å². The van der Waals surface area contributed by atoms with Gasteiger partial charge in [-0.1, -0.05) is 12.1 Å². The quantitative estimate of drug-likeness (QED) is 0.411. The fraction of sp³-hybridized carbons (Fsp3) is 0.150. The Hall–Kier alpha value is -3.66. The highest BCUT2D eigenvalue weighted by Crippen LogP contribution is 2.29. The van der Waals surface area contributed by atoms with Gasteiger partial charge in [-0.25, -0.2) is 13.4 Å². The molecule has 0 aliphatic carbocycles. The maximum absolute atomic E-state index is 12.6. The molecule has 0 saturated carbocycles. The highest BCUT2D eigenvalue weighted by atomic mass is 32.2. The summed E-state index contributed by atoms with van der Waals surface area (Å²) in [6.07, 6.45) is 0. The molecule has 10 nitrogen and oxygen atoms in total. The van der Waals surface area contributed by atoms with Gasteiger partial charge < -0.3 is 5.32 Å². The fourth-order valence-electron chi connectivity index (χ4n) is 2.76. The molecule has 1 aromatic heterocycles. The Morgan fingerprint density at radius 1 is 1.28 bits per heavy atom. The molecular weight excluding hydrogens is 454 g/mol.